The number of furan rings is 1. The molecule has 0 aliphatic carbocycles. The molecule has 122 valence electrons. The predicted octanol–water partition coefficient (Wildman–Crippen LogP) is 4.74. The largest absolute Gasteiger partial charge is 0.467 e. The molecule has 3 rings (SSSR count). The van der Waals surface area contributed by atoms with Gasteiger partial charge in [0.1, 0.15) is 10.9 Å². The molecule has 0 amide bonds. The first-order valence-corrected chi connectivity index (χ1v) is 8.88. The Morgan fingerprint density at radius 2 is 2.30 bits per heavy atom. The van der Waals surface area contributed by atoms with Gasteiger partial charge in [-0.1, -0.05) is 18.5 Å². The molecule has 0 fully saturated rings. The van der Waals surface area contributed by atoms with Crippen LogP contribution in [-0.4, -0.2) is 11.0 Å². The Balaban J connectivity index is 1.95. The SMILES string of the molecule is CC[C@H](N)Cc1sc2c(NCc3ccco3)cc(Cl)nc2c1C. The molecule has 3 heterocycles. The third-order valence-electron chi connectivity index (χ3n) is 3.95. The Labute approximate surface area is 144 Å². The van der Waals surface area contributed by atoms with Gasteiger partial charge in [-0.3, -0.25) is 0 Å². The molecule has 4 nitrogen and oxygen atoms in total. The third kappa shape index (κ3) is 3.52. The number of rotatable bonds is 6. The molecule has 23 heavy (non-hydrogen) atoms. The van der Waals surface area contributed by atoms with Gasteiger partial charge in [0.05, 0.1) is 28.7 Å². The molecule has 0 unspecified atom stereocenters. The van der Waals surface area contributed by atoms with E-state index in [9.17, 15) is 0 Å². The maximum atomic E-state index is 6.20. The van der Waals surface area contributed by atoms with Crippen LogP contribution < -0.4 is 11.1 Å². The van der Waals surface area contributed by atoms with Crippen molar-refractivity contribution in [2.75, 3.05) is 5.32 Å². The third-order valence-corrected chi connectivity index (χ3v) is 5.48. The summed E-state index contributed by atoms with van der Waals surface area (Å²) in [6.45, 7) is 4.82. The summed E-state index contributed by atoms with van der Waals surface area (Å²) in [5.41, 5.74) is 9.24. The van der Waals surface area contributed by atoms with Gasteiger partial charge in [-0.25, -0.2) is 4.98 Å². The van der Waals surface area contributed by atoms with Gasteiger partial charge in [-0.2, -0.15) is 0 Å². The maximum Gasteiger partial charge on any atom is 0.131 e. The lowest BCUT2D eigenvalue weighted by Gasteiger charge is -2.06. The van der Waals surface area contributed by atoms with Crippen LogP contribution in [0.15, 0.2) is 28.9 Å². The number of fused-ring (bicyclic) bond motifs is 1. The van der Waals surface area contributed by atoms with Crippen molar-refractivity contribution in [1.82, 2.24) is 4.98 Å². The number of nitrogens with one attached hydrogen (secondary N) is 1. The topological polar surface area (TPSA) is 64.1 Å². The highest BCUT2D eigenvalue weighted by Crippen LogP contribution is 2.37. The van der Waals surface area contributed by atoms with Gasteiger partial charge in [0.2, 0.25) is 0 Å². The van der Waals surface area contributed by atoms with Crippen molar-refractivity contribution >= 4 is 38.8 Å². The first kappa shape index (κ1) is 16.3. The molecule has 1 atom stereocenters. The number of halogens is 1. The number of anilines is 1. The molecule has 3 N–H and O–H groups in total. The predicted molar refractivity (Wildman–Crippen MR) is 97.4 cm³/mol. The van der Waals surface area contributed by atoms with Crippen molar-refractivity contribution in [2.45, 2.75) is 39.3 Å². The highest BCUT2D eigenvalue weighted by Gasteiger charge is 2.16. The molecule has 3 aromatic heterocycles. The second kappa shape index (κ2) is 6.91. The minimum atomic E-state index is 0.178. The van der Waals surface area contributed by atoms with Crippen molar-refractivity contribution in [3.8, 4) is 0 Å². The monoisotopic (exact) mass is 349 g/mol. The van der Waals surface area contributed by atoms with Crippen molar-refractivity contribution < 1.29 is 4.42 Å². The van der Waals surface area contributed by atoms with E-state index in [0.29, 0.717) is 11.7 Å². The van der Waals surface area contributed by atoms with E-state index in [-0.39, 0.29) is 6.04 Å². The van der Waals surface area contributed by atoms with Crippen LogP contribution >= 0.6 is 22.9 Å². The van der Waals surface area contributed by atoms with E-state index in [1.807, 2.05) is 18.2 Å². The number of pyridine rings is 1. The van der Waals surface area contributed by atoms with E-state index in [1.165, 1.54) is 10.4 Å². The molecular formula is C17H20ClN3OS. The maximum absolute atomic E-state index is 6.20. The summed E-state index contributed by atoms with van der Waals surface area (Å²) < 4.78 is 6.49. The number of aromatic nitrogens is 1. The quantitative estimate of drug-likeness (QED) is 0.631. The van der Waals surface area contributed by atoms with Crippen LogP contribution in [0.5, 0.6) is 0 Å². The normalized spacial score (nSPS) is 12.7. The average molecular weight is 350 g/mol. The molecule has 0 aliphatic heterocycles. The standard InChI is InChI=1S/C17H20ClN3OS/c1-3-11(19)7-14-10(2)16-17(23-14)13(8-15(18)21-16)20-9-12-5-4-6-22-12/h4-6,8,11H,3,7,9,19H2,1-2H3,(H,20,21)/t11-/m0/s1. The molecule has 0 aliphatic rings. The smallest absolute Gasteiger partial charge is 0.131 e. The summed E-state index contributed by atoms with van der Waals surface area (Å²) in [5.74, 6) is 0.882. The Hall–Kier alpha value is -1.56. The summed E-state index contributed by atoms with van der Waals surface area (Å²) in [4.78, 5) is 5.79. The first-order valence-electron chi connectivity index (χ1n) is 7.68. The minimum absolute atomic E-state index is 0.178. The van der Waals surface area contributed by atoms with Crippen LogP contribution in [0.25, 0.3) is 10.2 Å². The second-order valence-electron chi connectivity index (χ2n) is 5.63. The number of hydrogen-bond acceptors (Lipinski definition) is 5. The molecule has 0 saturated carbocycles. The molecule has 0 spiro atoms. The lowest BCUT2D eigenvalue weighted by atomic mass is 10.1. The zero-order valence-electron chi connectivity index (χ0n) is 13.2. The van der Waals surface area contributed by atoms with Gasteiger partial charge in [0.15, 0.2) is 0 Å². The summed E-state index contributed by atoms with van der Waals surface area (Å²) >= 11 is 7.95. The molecule has 0 bridgehead atoms. The number of hydrogen-bond donors (Lipinski definition) is 2. The summed E-state index contributed by atoms with van der Waals surface area (Å²) in [5, 5.41) is 3.89. The van der Waals surface area contributed by atoms with Crippen molar-refractivity contribution in [1.29, 1.82) is 0 Å². The van der Waals surface area contributed by atoms with Crippen LogP contribution in [-0.2, 0) is 13.0 Å². The lowest BCUT2D eigenvalue weighted by Crippen LogP contribution is -2.21. The van der Waals surface area contributed by atoms with Gasteiger partial charge < -0.3 is 15.5 Å². The van der Waals surface area contributed by atoms with E-state index in [1.54, 1.807) is 17.6 Å². The van der Waals surface area contributed by atoms with Crippen LogP contribution in [0.2, 0.25) is 5.15 Å². The molecule has 3 aromatic rings. The Kier molecular flexibility index (Phi) is 4.90. The number of nitrogens with two attached hydrogens (primary N) is 1. The van der Waals surface area contributed by atoms with Gasteiger partial charge in [-0.15, -0.1) is 11.3 Å². The summed E-state index contributed by atoms with van der Waals surface area (Å²) in [7, 11) is 0. The van der Waals surface area contributed by atoms with Crippen molar-refractivity contribution in [3.63, 3.8) is 0 Å². The molecule has 0 aromatic carbocycles. The summed E-state index contributed by atoms with van der Waals surface area (Å²) in [6.07, 6.45) is 3.51. The molecule has 0 saturated heterocycles. The molecule has 6 heteroatoms. The van der Waals surface area contributed by atoms with Crippen LogP contribution in [0.3, 0.4) is 0 Å². The Morgan fingerprint density at radius 3 is 3.00 bits per heavy atom. The van der Waals surface area contributed by atoms with E-state index in [2.05, 4.69) is 24.1 Å². The Bertz CT molecular complexity index is 798. The van der Waals surface area contributed by atoms with Crippen molar-refractivity contribution in [2.24, 2.45) is 5.73 Å². The van der Waals surface area contributed by atoms with Gasteiger partial charge in [-0.05, 0) is 37.5 Å². The highest BCUT2D eigenvalue weighted by atomic mass is 35.5. The van der Waals surface area contributed by atoms with E-state index in [4.69, 9.17) is 21.8 Å². The average Bonchev–Trinajstić information content (AvgIpc) is 3.15. The van der Waals surface area contributed by atoms with Gasteiger partial charge >= 0.3 is 0 Å². The van der Waals surface area contributed by atoms with Crippen molar-refractivity contribution in [3.05, 3.63) is 45.8 Å². The number of nitrogens with zero attached hydrogens (tertiary/aromatic N) is 1. The first-order chi connectivity index (χ1) is 11.1. The minimum Gasteiger partial charge on any atom is -0.467 e. The van der Waals surface area contributed by atoms with E-state index in [0.717, 1.165) is 34.5 Å². The number of thiophene rings is 1. The Morgan fingerprint density at radius 1 is 1.48 bits per heavy atom. The summed E-state index contributed by atoms with van der Waals surface area (Å²) in [6, 6.07) is 5.87. The second-order valence-corrected chi connectivity index (χ2v) is 7.12. The van der Waals surface area contributed by atoms with Gasteiger partial charge in [0, 0.05) is 17.0 Å². The van der Waals surface area contributed by atoms with Crippen LogP contribution in [0, 0.1) is 6.92 Å². The molecule has 0 radical (unpaired) electrons. The van der Waals surface area contributed by atoms with Gasteiger partial charge in [0.25, 0.3) is 0 Å². The fourth-order valence-electron chi connectivity index (χ4n) is 2.50. The fraction of sp³-hybridized carbons (Fsp3) is 0.353. The highest BCUT2D eigenvalue weighted by molar-refractivity contribution is 7.19. The molecular weight excluding hydrogens is 330 g/mol. The van der Waals surface area contributed by atoms with Crippen LogP contribution in [0.4, 0.5) is 5.69 Å². The lowest BCUT2D eigenvalue weighted by molar-refractivity contribution is 0.518. The number of aryl methyl sites for hydroxylation is 1. The van der Waals surface area contributed by atoms with Crippen LogP contribution in [0.1, 0.15) is 29.5 Å². The fourth-order valence-corrected chi connectivity index (χ4v) is 4.02. The zero-order valence-corrected chi connectivity index (χ0v) is 14.8. The zero-order chi connectivity index (χ0) is 16.4. The van der Waals surface area contributed by atoms with E-state index >= 15 is 0 Å². The van der Waals surface area contributed by atoms with E-state index < -0.39 is 0 Å².